The molecule has 106 valence electrons. The van der Waals surface area contributed by atoms with Crippen LogP contribution in [0.2, 0.25) is 0 Å². The second-order valence-corrected chi connectivity index (χ2v) is 4.80. The molecule has 0 saturated heterocycles. The van der Waals surface area contributed by atoms with Crippen LogP contribution in [0.5, 0.6) is 0 Å². The zero-order valence-electron chi connectivity index (χ0n) is 12.2. The van der Waals surface area contributed by atoms with Crippen molar-refractivity contribution in [1.29, 1.82) is 0 Å². The van der Waals surface area contributed by atoms with E-state index in [-0.39, 0.29) is 5.82 Å². The van der Waals surface area contributed by atoms with Crippen molar-refractivity contribution in [3.05, 3.63) is 41.5 Å². The lowest BCUT2D eigenvalue weighted by atomic mass is 10.1. The van der Waals surface area contributed by atoms with Gasteiger partial charge < -0.3 is 5.32 Å². The average molecular weight is 273 g/mol. The smallest absolute Gasteiger partial charge is 0.131 e. The van der Waals surface area contributed by atoms with Gasteiger partial charge in [-0.05, 0) is 25.0 Å². The number of hydrogen-bond acceptors (Lipinski definition) is 3. The van der Waals surface area contributed by atoms with Crippen LogP contribution in [0, 0.1) is 12.7 Å². The van der Waals surface area contributed by atoms with Gasteiger partial charge in [0.15, 0.2) is 0 Å². The van der Waals surface area contributed by atoms with Gasteiger partial charge in [-0.25, -0.2) is 14.4 Å². The number of anilines is 1. The maximum Gasteiger partial charge on any atom is 0.131 e. The van der Waals surface area contributed by atoms with Crippen LogP contribution in [0.25, 0.3) is 11.3 Å². The molecule has 20 heavy (non-hydrogen) atoms. The molecule has 0 bridgehead atoms. The van der Waals surface area contributed by atoms with E-state index in [0.29, 0.717) is 5.56 Å². The SMILES string of the molecule is CCCNc1cc(-c2ccc(C)c(F)c2)nc(CC)n1. The third-order valence-corrected chi connectivity index (χ3v) is 3.11. The van der Waals surface area contributed by atoms with Crippen molar-refractivity contribution in [2.45, 2.75) is 33.6 Å². The van der Waals surface area contributed by atoms with Gasteiger partial charge in [-0.15, -0.1) is 0 Å². The molecule has 4 heteroatoms. The normalized spacial score (nSPS) is 10.6. The summed E-state index contributed by atoms with van der Waals surface area (Å²) in [4.78, 5) is 8.92. The number of aromatic nitrogens is 2. The van der Waals surface area contributed by atoms with Gasteiger partial charge in [-0.2, -0.15) is 0 Å². The third kappa shape index (κ3) is 3.32. The number of hydrogen-bond donors (Lipinski definition) is 1. The maximum absolute atomic E-state index is 13.7. The summed E-state index contributed by atoms with van der Waals surface area (Å²) in [6.45, 7) is 6.73. The molecule has 0 aliphatic heterocycles. The zero-order chi connectivity index (χ0) is 14.5. The van der Waals surface area contributed by atoms with Crippen molar-refractivity contribution in [1.82, 2.24) is 9.97 Å². The molecule has 0 radical (unpaired) electrons. The predicted molar refractivity (Wildman–Crippen MR) is 80.3 cm³/mol. The molecule has 0 fully saturated rings. The van der Waals surface area contributed by atoms with Crippen LogP contribution < -0.4 is 5.32 Å². The molecule has 0 aliphatic carbocycles. The molecular formula is C16H20FN3. The molecule has 0 atom stereocenters. The van der Waals surface area contributed by atoms with Crippen LogP contribution in [-0.2, 0) is 6.42 Å². The highest BCUT2D eigenvalue weighted by molar-refractivity contribution is 5.63. The highest BCUT2D eigenvalue weighted by Gasteiger charge is 2.07. The Morgan fingerprint density at radius 1 is 1.15 bits per heavy atom. The number of halogens is 1. The largest absolute Gasteiger partial charge is 0.370 e. The first kappa shape index (κ1) is 14.4. The Kier molecular flexibility index (Phi) is 4.66. The van der Waals surface area contributed by atoms with E-state index in [1.54, 1.807) is 13.0 Å². The Hall–Kier alpha value is -1.97. The highest BCUT2D eigenvalue weighted by Crippen LogP contribution is 2.22. The van der Waals surface area contributed by atoms with Crippen LogP contribution in [0.1, 0.15) is 31.7 Å². The fourth-order valence-electron chi connectivity index (χ4n) is 1.90. The standard InChI is InChI=1S/C16H20FN3/c1-4-8-18-16-10-14(19-15(5-2)20-16)12-7-6-11(3)13(17)9-12/h6-7,9-10H,4-5,8H2,1-3H3,(H,18,19,20). The molecule has 2 aromatic rings. The number of nitrogens with zero attached hydrogens (tertiary/aromatic N) is 2. The Bertz CT molecular complexity index is 596. The molecule has 0 unspecified atom stereocenters. The van der Waals surface area contributed by atoms with E-state index < -0.39 is 0 Å². The van der Waals surface area contributed by atoms with Crippen molar-refractivity contribution < 1.29 is 4.39 Å². The molecule has 3 nitrogen and oxygen atoms in total. The van der Waals surface area contributed by atoms with E-state index in [4.69, 9.17) is 0 Å². The van der Waals surface area contributed by atoms with Gasteiger partial charge in [0.2, 0.25) is 0 Å². The van der Waals surface area contributed by atoms with Crippen LogP contribution in [0.3, 0.4) is 0 Å². The molecule has 0 spiro atoms. The minimum Gasteiger partial charge on any atom is -0.370 e. The Morgan fingerprint density at radius 2 is 1.95 bits per heavy atom. The molecule has 1 aromatic carbocycles. The fourth-order valence-corrected chi connectivity index (χ4v) is 1.90. The Labute approximate surface area is 119 Å². The van der Waals surface area contributed by atoms with E-state index in [9.17, 15) is 4.39 Å². The lowest BCUT2D eigenvalue weighted by Crippen LogP contribution is -2.05. The summed E-state index contributed by atoms with van der Waals surface area (Å²) in [5.74, 6) is 1.36. The first-order chi connectivity index (χ1) is 9.63. The second kappa shape index (κ2) is 6.46. The zero-order valence-corrected chi connectivity index (χ0v) is 12.2. The molecule has 0 aliphatic rings. The first-order valence-electron chi connectivity index (χ1n) is 7.02. The van der Waals surface area contributed by atoms with Gasteiger partial charge in [0.1, 0.15) is 17.5 Å². The predicted octanol–water partition coefficient (Wildman–Crippen LogP) is 3.98. The lowest BCUT2D eigenvalue weighted by molar-refractivity contribution is 0.619. The topological polar surface area (TPSA) is 37.8 Å². The quantitative estimate of drug-likeness (QED) is 0.895. The summed E-state index contributed by atoms with van der Waals surface area (Å²) >= 11 is 0. The van der Waals surface area contributed by atoms with Crippen molar-refractivity contribution in [3.63, 3.8) is 0 Å². The third-order valence-electron chi connectivity index (χ3n) is 3.11. The van der Waals surface area contributed by atoms with Crippen molar-refractivity contribution in [2.24, 2.45) is 0 Å². The van der Waals surface area contributed by atoms with Gasteiger partial charge in [0.25, 0.3) is 0 Å². The van der Waals surface area contributed by atoms with Crippen LogP contribution in [0.4, 0.5) is 10.2 Å². The first-order valence-corrected chi connectivity index (χ1v) is 7.02. The summed E-state index contributed by atoms with van der Waals surface area (Å²) in [5, 5.41) is 3.26. The Morgan fingerprint density at radius 3 is 2.60 bits per heavy atom. The minimum atomic E-state index is -0.206. The molecule has 1 N–H and O–H groups in total. The molecule has 1 aromatic heterocycles. The van der Waals surface area contributed by atoms with Gasteiger partial charge in [-0.1, -0.05) is 26.0 Å². The summed E-state index contributed by atoms with van der Waals surface area (Å²) in [5.41, 5.74) is 2.18. The van der Waals surface area contributed by atoms with Gasteiger partial charge in [-0.3, -0.25) is 0 Å². The van der Waals surface area contributed by atoms with Gasteiger partial charge in [0.05, 0.1) is 5.69 Å². The van der Waals surface area contributed by atoms with E-state index in [1.165, 1.54) is 6.07 Å². The Balaban J connectivity index is 2.41. The average Bonchev–Trinajstić information content (AvgIpc) is 2.47. The molecule has 0 saturated carbocycles. The van der Waals surface area contributed by atoms with Crippen LogP contribution >= 0.6 is 0 Å². The number of benzene rings is 1. The summed E-state index contributed by atoms with van der Waals surface area (Å²) < 4.78 is 13.7. The van der Waals surface area contributed by atoms with Crippen LogP contribution in [0.15, 0.2) is 24.3 Å². The number of nitrogens with one attached hydrogen (secondary N) is 1. The highest BCUT2D eigenvalue weighted by atomic mass is 19.1. The van der Waals surface area contributed by atoms with Crippen molar-refractivity contribution >= 4 is 5.82 Å². The number of aryl methyl sites for hydroxylation is 2. The van der Waals surface area contributed by atoms with Crippen LogP contribution in [-0.4, -0.2) is 16.5 Å². The molecule has 2 rings (SSSR count). The molecular weight excluding hydrogens is 253 g/mol. The van der Waals surface area contributed by atoms with Gasteiger partial charge >= 0.3 is 0 Å². The fraction of sp³-hybridized carbons (Fsp3) is 0.375. The van der Waals surface area contributed by atoms with Gasteiger partial charge in [0, 0.05) is 24.6 Å². The van der Waals surface area contributed by atoms with E-state index >= 15 is 0 Å². The minimum absolute atomic E-state index is 0.206. The van der Waals surface area contributed by atoms with E-state index in [2.05, 4.69) is 22.2 Å². The maximum atomic E-state index is 13.7. The lowest BCUT2D eigenvalue weighted by Gasteiger charge is -2.09. The van der Waals surface area contributed by atoms with Crippen molar-refractivity contribution in [2.75, 3.05) is 11.9 Å². The summed E-state index contributed by atoms with van der Waals surface area (Å²) in [7, 11) is 0. The summed E-state index contributed by atoms with van der Waals surface area (Å²) in [6, 6.07) is 7.07. The molecule has 1 heterocycles. The van der Waals surface area contributed by atoms with Crippen molar-refractivity contribution in [3.8, 4) is 11.3 Å². The number of rotatable bonds is 5. The second-order valence-electron chi connectivity index (χ2n) is 4.80. The summed E-state index contributed by atoms with van der Waals surface area (Å²) in [6.07, 6.45) is 1.78. The molecule has 0 amide bonds. The van der Waals surface area contributed by atoms with E-state index in [0.717, 1.165) is 42.3 Å². The van der Waals surface area contributed by atoms with E-state index in [1.807, 2.05) is 19.1 Å². The monoisotopic (exact) mass is 273 g/mol.